The van der Waals surface area contributed by atoms with Crippen LogP contribution in [0.15, 0.2) is 84.9 Å². The Morgan fingerprint density at radius 3 is 2.27 bits per heavy atom. The molecule has 0 bridgehead atoms. The van der Waals surface area contributed by atoms with Crippen molar-refractivity contribution in [1.82, 2.24) is 9.80 Å². The molecule has 5 rings (SSSR count). The van der Waals surface area contributed by atoms with Crippen LogP contribution in [0.3, 0.4) is 0 Å². The number of methoxy groups -OCH3 is 1. The van der Waals surface area contributed by atoms with Crippen LogP contribution in [0, 0.1) is 6.92 Å². The van der Waals surface area contributed by atoms with Crippen molar-refractivity contribution in [2.45, 2.75) is 45.8 Å². The Hall–Kier alpha value is -4.90. The Morgan fingerprint density at radius 2 is 1.50 bits per heavy atom. The number of carbonyl (C=O) groups is 3. The Balaban J connectivity index is 1.18. The molecule has 0 radical (unpaired) electrons. The molecule has 4 aromatic rings. The molecule has 0 aromatic heterocycles. The summed E-state index contributed by atoms with van der Waals surface area (Å²) in [6.45, 7) is 6.30. The lowest BCUT2D eigenvalue weighted by molar-refractivity contribution is -0.132. The van der Waals surface area contributed by atoms with Gasteiger partial charge in [0.1, 0.15) is 18.1 Å². The Morgan fingerprint density at radius 1 is 0.750 bits per heavy atom. The molecule has 0 atom stereocenters. The van der Waals surface area contributed by atoms with Gasteiger partial charge in [-0.2, -0.15) is 0 Å². The van der Waals surface area contributed by atoms with Crippen molar-refractivity contribution in [2.75, 3.05) is 57.6 Å². The smallest absolute Gasteiger partial charge is 0.259 e. The first-order valence-electron chi connectivity index (χ1n) is 17.6. The molecule has 0 saturated carbocycles. The van der Waals surface area contributed by atoms with E-state index in [0.29, 0.717) is 57.6 Å². The molecule has 1 saturated heterocycles. The minimum absolute atomic E-state index is 0.161. The lowest BCUT2D eigenvalue weighted by atomic mass is 10.1. The van der Waals surface area contributed by atoms with Crippen LogP contribution in [-0.4, -0.2) is 74.5 Å². The van der Waals surface area contributed by atoms with Crippen molar-refractivity contribution in [2.24, 2.45) is 0 Å². The van der Waals surface area contributed by atoms with Gasteiger partial charge in [-0.15, -0.1) is 0 Å². The summed E-state index contributed by atoms with van der Waals surface area (Å²) in [5.41, 5.74) is 4.33. The Kier molecular flexibility index (Phi) is 14.1. The molecule has 274 valence electrons. The van der Waals surface area contributed by atoms with E-state index in [1.54, 1.807) is 43.5 Å². The largest absolute Gasteiger partial charge is 0.491 e. The molecular formula is C41H47ClN4O6. The van der Waals surface area contributed by atoms with E-state index >= 15 is 0 Å². The lowest BCUT2D eigenvalue weighted by Gasteiger charge is -2.32. The third-order valence-corrected chi connectivity index (χ3v) is 9.11. The summed E-state index contributed by atoms with van der Waals surface area (Å²) in [7, 11) is 3.63. The average Bonchev–Trinajstić information content (AvgIpc) is 3.14. The van der Waals surface area contributed by atoms with E-state index in [0.717, 1.165) is 56.6 Å². The van der Waals surface area contributed by atoms with Crippen LogP contribution in [0.25, 0.3) is 0 Å². The number of likely N-dealkylation sites (N-methyl/N-ethyl adjacent to an activating group) is 1. The summed E-state index contributed by atoms with van der Waals surface area (Å²) in [6, 6.07) is 25.2. The zero-order valence-electron chi connectivity index (χ0n) is 30.1. The maximum Gasteiger partial charge on any atom is 0.259 e. The van der Waals surface area contributed by atoms with E-state index in [1.807, 2.05) is 60.4 Å². The summed E-state index contributed by atoms with van der Waals surface area (Å²) in [5.74, 6) is 0.432. The number of rotatable bonds is 16. The molecule has 2 N–H and O–H groups in total. The number of anilines is 2. The first-order chi connectivity index (χ1) is 25.2. The number of hydrogen-bond donors (Lipinski definition) is 2. The van der Waals surface area contributed by atoms with Gasteiger partial charge in [0.05, 0.1) is 24.5 Å². The number of nitrogens with one attached hydrogen (secondary N) is 2. The fourth-order valence-electron chi connectivity index (χ4n) is 5.86. The first-order valence-corrected chi connectivity index (χ1v) is 18.0. The molecular weight excluding hydrogens is 680 g/mol. The molecule has 1 heterocycles. The number of ether oxygens (including phenoxy) is 3. The second-order valence-corrected chi connectivity index (χ2v) is 13.4. The second kappa shape index (κ2) is 19.1. The van der Waals surface area contributed by atoms with Gasteiger partial charge in [0.2, 0.25) is 5.91 Å². The third-order valence-electron chi connectivity index (χ3n) is 8.87. The molecule has 1 aliphatic rings. The fourth-order valence-corrected chi connectivity index (χ4v) is 6.02. The number of unbranched alkanes of at least 4 members (excludes halogenated alkanes) is 2. The molecule has 1 fully saturated rings. The van der Waals surface area contributed by atoms with Gasteiger partial charge in [0, 0.05) is 61.5 Å². The number of piperazine rings is 1. The molecule has 10 nitrogen and oxygen atoms in total. The van der Waals surface area contributed by atoms with Crippen LogP contribution in [-0.2, 0) is 22.7 Å². The van der Waals surface area contributed by atoms with Crippen molar-refractivity contribution in [1.29, 1.82) is 0 Å². The van der Waals surface area contributed by atoms with Crippen molar-refractivity contribution >= 4 is 40.7 Å². The van der Waals surface area contributed by atoms with Gasteiger partial charge in [-0.3, -0.25) is 14.4 Å². The van der Waals surface area contributed by atoms with Gasteiger partial charge in [-0.1, -0.05) is 48.0 Å². The van der Waals surface area contributed by atoms with E-state index in [2.05, 4.69) is 22.6 Å². The molecule has 0 spiro atoms. The second-order valence-electron chi connectivity index (χ2n) is 13.0. The molecule has 3 amide bonds. The van der Waals surface area contributed by atoms with Gasteiger partial charge in [0.15, 0.2) is 0 Å². The number of carbonyl (C=O) groups excluding carboxylic acids is 3. The quantitative estimate of drug-likeness (QED) is 0.115. The minimum atomic E-state index is -0.391. The van der Waals surface area contributed by atoms with Gasteiger partial charge >= 0.3 is 0 Å². The maximum atomic E-state index is 13.5. The van der Waals surface area contributed by atoms with Crippen LogP contribution < -0.4 is 20.1 Å². The van der Waals surface area contributed by atoms with Crippen LogP contribution >= 0.6 is 11.6 Å². The predicted octanol–water partition coefficient (Wildman–Crippen LogP) is 7.59. The number of aryl methyl sites for hydroxylation is 1. The van der Waals surface area contributed by atoms with E-state index in [4.69, 9.17) is 25.8 Å². The number of nitrogens with zero attached hydrogens (tertiary/aromatic N) is 2. The monoisotopic (exact) mass is 726 g/mol. The summed E-state index contributed by atoms with van der Waals surface area (Å²) in [6.07, 6.45) is 3.03. The Labute approximate surface area is 311 Å². The highest BCUT2D eigenvalue weighted by molar-refractivity contribution is 6.31. The molecule has 52 heavy (non-hydrogen) atoms. The summed E-state index contributed by atoms with van der Waals surface area (Å²) in [4.78, 5) is 43.7. The molecule has 1 aliphatic heterocycles. The highest BCUT2D eigenvalue weighted by Gasteiger charge is 2.20. The third kappa shape index (κ3) is 11.0. The SMILES string of the molecule is COCc1cc(C(=O)Nc2ccc(C)cc2OCCCCCC(=O)N2CCN(C)CC2)ccc1NC(=O)c1ccc(Cl)cc1OCc1ccccc1. The number of amides is 3. The van der Waals surface area contributed by atoms with E-state index in [1.165, 1.54) is 0 Å². The van der Waals surface area contributed by atoms with Gasteiger partial charge in [-0.25, -0.2) is 0 Å². The van der Waals surface area contributed by atoms with Crippen molar-refractivity contribution in [3.05, 3.63) is 118 Å². The summed E-state index contributed by atoms with van der Waals surface area (Å²) < 4.78 is 17.5. The predicted molar refractivity (Wildman–Crippen MR) is 205 cm³/mol. The standard InChI is InChI=1S/C41H47ClN4O6/c1-29-13-17-36(38(24-29)51-23-9-5-8-12-39(47)46-21-19-45(2)20-22-46)44-40(48)31-14-18-35(32(25-31)28-50-3)43-41(49)34-16-15-33(42)26-37(34)52-27-30-10-6-4-7-11-30/h4,6-7,10-11,13-18,24-26H,5,8-9,12,19-23,27-28H2,1-3H3,(H,43,49)(H,44,48). The highest BCUT2D eigenvalue weighted by atomic mass is 35.5. The topological polar surface area (TPSA) is 109 Å². The molecule has 0 aliphatic carbocycles. The van der Waals surface area contributed by atoms with Crippen molar-refractivity contribution in [3.63, 3.8) is 0 Å². The van der Waals surface area contributed by atoms with Crippen molar-refractivity contribution < 1.29 is 28.6 Å². The lowest BCUT2D eigenvalue weighted by Crippen LogP contribution is -2.47. The normalized spacial score (nSPS) is 13.0. The molecule has 4 aromatic carbocycles. The van der Waals surface area contributed by atoms with Gasteiger partial charge in [-0.05, 0) is 92.9 Å². The van der Waals surface area contributed by atoms with Gasteiger partial charge in [0.25, 0.3) is 11.8 Å². The zero-order valence-corrected chi connectivity index (χ0v) is 30.8. The zero-order chi connectivity index (χ0) is 36.9. The van der Waals surface area contributed by atoms with Gasteiger partial charge < -0.3 is 34.6 Å². The first kappa shape index (κ1) is 38.3. The Bertz CT molecular complexity index is 1830. The highest BCUT2D eigenvalue weighted by Crippen LogP contribution is 2.29. The van der Waals surface area contributed by atoms with E-state index in [-0.39, 0.29) is 25.0 Å². The molecule has 0 unspecified atom stereocenters. The average molecular weight is 727 g/mol. The van der Waals surface area contributed by atoms with Crippen molar-refractivity contribution in [3.8, 4) is 11.5 Å². The number of hydrogen-bond acceptors (Lipinski definition) is 7. The fraction of sp³-hybridized carbons (Fsp3) is 0.341. The van der Waals surface area contributed by atoms with Crippen LogP contribution in [0.4, 0.5) is 11.4 Å². The van der Waals surface area contributed by atoms with Crippen LogP contribution in [0.5, 0.6) is 11.5 Å². The minimum Gasteiger partial charge on any atom is -0.491 e. The van der Waals surface area contributed by atoms with Crippen LogP contribution in [0.1, 0.15) is 63.1 Å². The van der Waals surface area contributed by atoms with E-state index in [9.17, 15) is 14.4 Å². The van der Waals surface area contributed by atoms with Crippen LogP contribution in [0.2, 0.25) is 5.02 Å². The number of halogens is 1. The summed E-state index contributed by atoms with van der Waals surface area (Å²) in [5, 5.41) is 6.37. The number of benzene rings is 4. The van der Waals surface area contributed by atoms with E-state index < -0.39 is 5.91 Å². The summed E-state index contributed by atoms with van der Waals surface area (Å²) >= 11 is 6.24. The molecule has 11 heteroatoms. The maximum absolute atomic E-state index is 13.5.